The number of nitriles is 1. The maximum absolute atomic E-state index is 11.8. The number of hydrogen-bond acceptors (Lipinski definition) is 4. The van der Waals surface area contributed by atoms with Crippen molar-refractivity contribution in [3.05, 3.63) is 29.3 Å². The first-order valence-corrected chi connectivity index (χ1v) is 7.29. The van der Waals surface area contributed by atoms with E-state index in [1.54, 1.807) is 18.2 Å². The van der Waals surface area contributed by atoms with Gasteiger partial charge in [-0.25, -0.2) is 4.79 Å². The number of nitrogens with zero attached hydrogens (tertiary/aromatic N) is 2. The maximum Gasteiger partial charge on any atom is 0.315 e. The number of benzene rings is 1. The normalized spacial score (nSPS) is 22.1. The highest BCUT2D eigenvalue weighted by Gasteiger charge is 2.47. The van der Waals surface area contributed by atoms with Crippen LogP contribution in [-0.4, -0.2) is 34.2 Å². The van der Waals surface area contributed by atoms with E-state index in [-0.39, 0.29) is 0 Å². The molecule has 0 fully saturated rings. The summed E-state index contributed by atoms with van der Waals surface area (Å²) in [5.41, 5.74) is 5.62. The van der Waals surface area contributed by atoms with Gasteiger partial charge in [0.2, 0.25) is 0 Å². The van der Waals surface area contributed by atoms with Gasteiger partial charge in [0.05, 0.1) is 11.6 Å². The van der Waals surface area contributed by atoms with E-state index in [4.69, 9.17) is 15.7 Å². The van der Waals surface area contributed by atoms with Gasteiger partial charge in [0.15, 0.2) is 0 Å². The zero-order valence-electron chi connectivity index (χ0n) is 13.0. The van der Waals surface area contributed by atoms with Crippen molar-refractivity contribution in [1.82, 2.24) is 4.90 Å². The maximum atomic E-state index is 11.8. The Morgan fingerprint density at radius 1 is 1.55 bits per heavy atom. The van der Waals surface area contributed by atoms with Gasteiger partial charge in [-0.3, -0.25) is 0 Å². The molecule has 0 spiro atoms. The summed E-state index contributed by atoms with van der Waals surface area (Å²) in [6.07, 6.45) is -0.251. The summed E-state index contributed by atoms with van der Waals surface area (Å²) in [4.78, 5) is 13.2. The highest BCUT2D eigenvalue weighted by Crippen LogP contribution is 2.42. The number of urea groups is 1. The van der Waals surface area contributed by atoms with Crippen molar-refractivity contribution < 1.29 is 14.6 Å². The van der Waals surface area contributed by atoms with E-state index in [1.807, 2.05) is 26.8 Å². The standard InChI is InChI=1S/C16H21N3O3/c1-4-7-19(15(18)21)14-13(20)11-8-10(9-17)5-6-12(11)22-16(14,2)3/h5-6,8,13-14,20H,4,7H2,1-3H3,(H2,18,21). The molecule has 0 aromatic heterocycles. The van der Waals surface area contributed by atoms with E-state index in [2.05, 4.69) is 0 Å². The Balaban J connectivity index is 2.50. The van der Waals surface area contributed by atoms with Gasteiger partial charge in [-0.2, -0.15) is 5.26 Å². The molecule has 0 radical (unpaired) electrons. The number of fused-ring (bicyclic) bond motifs is 1. The summed E-state index contributed by atoms with van der Waals surface area (Å²) < 4.78 is 5.96. The molecule has 1 aromatic carbocycles. The first kappa shape index (κ1) is 16.1. The Morgan fingerprint density at radius 2 is 2.23 bits per heavy atom. The molecule has 3 N–H and O–H groups in total. The van der Waals surface area contributed by atoms with Crippen LogP contribution in [0.5, 0.6) is 5.75 Å². The third-order valence-electron chi connectivity index (χ3n) is 3.93. The van der Waals surface area contributed by atoms with E-state index in [0.29, 0.717) is 29.8 Å². The summed E-state index contributed by atoms with van der Waals surface area (Å²) in [6, 6.07) is 5.72. The minimum atomic E-state index is -0.967. The van der Waals surface area contributed by atoms with E-state index < -0.39 is 23.8 Å². The molecule has 1 aliphatic rings. The molecule has 0 aliphatic carbocycles. The number of amides is 2. The zero-order chi connectivity index (χ0) is 16.5. The average molecular weight is 303 g/mol. The number of hydrogen-bond donors (Lipinski definition) is 2. The molecule has 22 heavy (non-hydrogen) atoms. The predicted octanol–water partition coefficient (Wildman–Crippen LogP) is 1.92. The molecule has 1 aromatic rings. The van der Waals surface area contributed by atoms with Gasteiger partial charge in [-0.15, -0.1) is 0 Å². The van der Waals surface area contributed by atoms with E-state index >= 15 is 0 Å². The van der Waals surface area contributed by atoms with Crippen molar-refractivity contribution in [3.8, 4) is 11.8 Å². The number of carbonyl (C=O) groups excluding carboxylic acids is 1. The second-order valence-electron chi connectivity index (χ2n) is 5.99. The first-order valence-electron chi connectivity index (χ1n) is 7.29. The molecule has 2 rings (SSSR count). The van der Waals surface area contributed by atoms with Crippen LogP contribution in [0.3, 0.4) is 0 Å². The summed E-state index contributed by atoms with van der Waals surface area (Å²) in [7, 11) is 0. The van der Waals surface area contributed by atoms with Crippen LogP contribution in [0.25, 0.3) is 0 Å². The highest BCUT2D eigenvalue weighted by atomic mass is 16.5. The number of carbonyl (C=O) groups is 1. The van der Waals surface area contributed by atoms with Crippen LogP contribution in [-0.2, 0) is 0 Å². The van der Waals surface area contributed by atoms with E-state index in [9.17, 15) is 9.90 Å². The molecule has 2 unspecified atom stereocenters. The summed E-state index contributed by atoms with van der Waals surface area (Å²) in [5.74, 6) is 0.522. The topological polar surface area (TPSA) is 99.6 Å². The molecule has 0 saturated carbocycles. The van der Waals surface area contributed by atoms with Gasteiger partial charge in [0, 0.05) is 12.1 Å². The molecule has 1 aliphatic heterocycles. The van der Waals surface area contributed by atoms with Crippen LogP contribution in [0.15, 0.2) is 18.2 Å². The lowest BCUT2D eigenvalue weighted by Crippen LogP contribution is -2.60. The molecular formula is C16H21N3O3. The molecule has 118 valence electrons. The fourth-order valence-corrected chi connectivity index (χ4v) is 3.01. The van der Waals surface area contributed by atoms with Gasteiger partial charge < -0.3 is 20.5 Å². The third kappa shape index (κ3) is 2.72. The predicted molar refractivity (Wildman–Crippen MR) is 81.2 cm³/mol. The van der Waals surface area contributed by atoms with Crippen molar-refractivity contribution >= 4 is 6.03 Å². The van der Waals surface area contributed by atoms with Crippen LogP contribution >= 0.6 is 0 Å². The Hall–Kier alpha value is -2.26. The molecule has 0 bridgehead atoms. The molecule has 6 nitrogen and oxygen atoms in total. The molecule has 0 saturated heterocycles. The largest absolute Gasteiger partial charge is 0.485 e. The van der Waals surface area contributed by atoms with Gasteiger partial charge >= 0.3 is 6.03 Å². The quantitative estimate of drug-likeness (QED) is 0.891. The van der Waals surface area contributed by atoms with Crippen molar-refractivity contribution in [2.24, 2.45) is 5.73 Å². The van der Waals surface area contributed by atoms with Gasteiger partial charge in [0.1, 0.15) is 23.5 Å². The molecule has 2 atom stereocenters. The Bertz CT molecular complexity index is 622. The lowest BCUT2D eigenvalue weighted by atomic mass is 9.84. The van der Waals surface area contributed by atoms with Crippen molar-refractivity contribution in [2.45, 2.75) is 44.9 Å². The van der Waals surface area contributed by atoms with Crippen molar-refractivity contribution in [3.63, 3.8) is 0 Å². The number of nitrogens with two attached hydrogens (primary N) is 1. The first-order chi connectivity index (χ1) is 10.3. The second kappa shape index (κ2) is 5.85. The van der Waals surface area contributed by atoms with E-state index in [1.165, 1.54) is 4.90 Å². The third-order valence-corrected chi connectivity index (χ3v) is 3.93. The summed E-state index contributed by atoms with van der Waals surface area (Å²) in [5, 5.41) is 19.8. The van der Waals surface area contributed by atoms with Gasteiger partial charge in [-0.1, -0.05) is 6.92 Å². The number of primary amides is 1. The van der Waals surface area contributed by atoms with Crippen LogP contribution in [0.1, 0.15) is 44.4 Å². The summed E-state index contributed by atoms with van der Waals surface area (Å²) >= 11 is 0. The average Bonchev–Trinajstić information content (AvgIpc) is 2.45. The lowest BCUT2D eigenvalue weighted by Gasteiger charge is -2.47. The Labute approximate surface area is 130 Å². The minimum Gasteiger partial charge on any atom is -0.485 e. The SMILES string of the molecule is CCCN(C(N)=O)C1C(O)c2cc(C#N)ccc2OC1(C)C. The number of rotatable bonds is 3. The van der Waals surface area contributed by atoms with E-state index in [0.717, 1.165) is 0 Å². The summed E-state index contributed by atoms with van der Waals surface area (Å²) in [6.45, 7) is 5.99. The molecular weight excluding hydrogens is 282 g/mol. The fourth-order valence-electron chi connectivity index (χ4n) is 3.01. The van der Waals surface area contributed by atoms with Crippen LogP contribution in [0.2, 0.25) is 0 Å². The molecule has 2 amide bonds. The Morgan fingerprint density at radius 3 is 2.77 bits per heavy atom. The fraction of sp³-hybridized carbons (Fsp3) is 0.500. The number of aliphatic hydroxyl groups excluding tert-OH is 1. The van der Waals surface area contributed by atoms with Crippen LogP contribution in [0.4, 0.5) is 4.79 Å². The molecule has 6 heteroatoms. The highest BCUT2D eigenvalue weighted by molar-refractivity contribution is 5.73. The van der Waals surface area contributed by atoms with Crippen LogP contribution < -0.4 is 10.5 Å². The van der Waals surface area contributed by atoms with Crippen molar-refractivity contribution in [2.75, 3.05) is 6.54 Å². The smallest absolute Gasteiger partial charge is 0.315 e. The number of aliphatic hydroxyl groups is 1. The number of ether oxygens (including phenoxy) is 1. The monoisotopic (exact) mass is 303 g/mol. The van der Waals surface area contributed by atoms with Gasteiger partial charge in [-0.05, 0) is 38.5 Å². The second-order valence-corrected chi connectivity index (χ2v) is 5.99. The Kier molecular flexibility index (Phi) is 4.29. The van der Waals surface area contributed by atoms with Crippen molar-refractivity contribution in [1.29, 1.82) is 5.26 Å². The lowest BCUT2D eigenvalue weighted by molar-refractivity contribution is -0.0671. The van der Waals surface area contributed by atoms with Gasteiger partial charge in [0.25, 0.3) is 0 Å². The van der Waals surface area contributed by atoms with Crippen LogP contribution in [0, 0.1) is 11.3 Å². The minimum absolute atomic E-state index is 0.428. The molecule has 1 heterocycles. The zero-order valence-corrected chi connectivity index (χ0v) is 13.0.